The lowest BCUT2D eigenvalue weighted by Gasteiger charge is -1.86. The van der Waals surface area contributed by atoms with E-state index in [2.05, 4.69) is 0 Å². The minimum absolute atomic E-state index is 0. The molecule has 0 atom stereocenters. The lowest BCUT2D eigenvalue weighted by atomic mass is 10.8. The van der Waals surface area contributed by atoms with E-state index in [9.17, 15) is 0 Å². The topological polar surface area (TPSA) is 44.2 Å². The molecule has 0 fully saturated rings. The molecule has 6 heavy (non-hydrogen) atoms. The van der Waals surface area contributed by atoms with E-state index in [-0.39, 0.29) is 6.15 Å². The average Bonchev–Trinajstić information content (AvgIpc) is 1.41. The minimum atomic E-state index is 0. The Hall–Kier alpha value is -0.0800. The summed E-state index contributed by atoms with van der Waals surface area (Å²) >= 11 is 0. The smallest absolute Gasteiger partial charge is 0.0437 e. The van der Waals surface area contributed by atoms with Gasteiger partial charge in [0.25, 0.3) is 0 Å². The molecule has 0 heterocycles. The van der Waals surface area contributed by atoms with Crippen LogP contribution in [0.25, 0.3) is 0 Å². The van der Waals surface area contributed by atoms with Crippen LogP contribution in [0.15, 0.2) is 0 Å². The Morgan fingerprint density at radius 1 is 1.17 bits per heavy atom. The van der Waals surface area contributed by atoms with E-state index in [4.69, 9.17) is 4.74 Å². The molecule has 0 aliphatic carbocycles. The molecule has 0 saturated carbocycles. The van der Waals surface area contributed by atoms with Crippen molar-refractivity contribution in [2.24, 2.45) is 0 Å². The first kappa shape index (κ1) is 9.33. The fraction of sp³-hybridized carbons (Fsp3) is 1.00. The van der Waals surface area contributed by atoms with Gasteiger partial charge in [-0.05, 0) is 13.8 Å². The molecule has 0 spiro atoms. The van der Waals surface area contributed by atoms with Crippen molar-refractivity contribution < 1.29 is 4.74 Å². The Balaban J connectivity index is 0. The van der Waals surface area contributed by atoms with E-state index in [1.54, 1.807) is 0 Å². The summed E-state index contributed by atoms with van der Waals surface area (Å²) in [5.74, 6) is 0. The zero-order chi connectivity index (χ0) is 4.12. The van der Waals surface area contributed by atoms with Crippen LogP contribution < -0.4 is 6.15 Å². The zero-order valence-corrected chi connectivity index (χ0v) is 4.53. The highest BCUT2D eigenvalue weighted by Gasteiger charge is 1.64. The third kappa shape index (κ3) is 9.07. The lowest BCUT2D eigenvalue weighted by Crippen LogP contribution is -1.84. The molecule has 0 saturated heterocycles. The molecule has 0 bridgehead atoms. The lowest BCUT2D eigenvalue weighted by molar-refractivity contribution is 0.162. The maximum absolute atomic E-state index is 4.83. The van der Waals surface area contributed by atoms with Crippen LogP contribution in [0.5, 0.6) is 0 Å². The van der Waals surface area contributed by atoms with Crippen molar-refractivity contribution in [1.29, 1.82) is 0 Å². The van der Waals surface area contributed by atoms with Crippen molar-refractivity contribution in [3.8, 4) is 0 Å². The molecule has 0 aromatic heterocycles. The highest BCUT2D eigenvalue weighted by molar-refractivity contribution is 4.07. The van der Waals surface area contributed by atoms with E-state index in [0.29, 0.717) is 0 Å². The highest BCUT2D eigenvalue weighted by atomic mass is 16.5. The van der Waals surface area contributed by atoms with Gasteiger partial charge in [-0.2, -0.15) is 0 Å². The van der Waals surface area contributed by atoms with Crippen LogP contribution in [0.4, 0.5) is 0 Å². The quantitative estimate of drug-likeness (QED) is 0.555. The van der Waals surface area contributed by atoms with E-state index in [0.717, 1.165) is 13.2 Å². The standard InChI is InChI=1S/C4H10O.H3N/c1-3-5-4-2;/h3-4H2,1-2H3;1H3. The van der Waals surface area contributed by atoms with Gasteiger partial charge < -0.3 is 10.9 Å². The number of ether oxygens (including phenoxy) is 1. The van der Waals surface area contributed by atoms with Crippen molar-refractivity contribution in [2.45, 2.75) is 13.8 Å². The second-order valence-electron chi connectivity index (χ2n) is 0.781. The van der Waals surface area contributed by atoms with Gasteiger partial charge in [-0.3, -0.25) is 0 Å². The summed E-state index contributed by atoms with van der Waals surface area (Å²) in [4.78, 5) is 0. The van der Waals surface area contributed by atoms with Gasteiger partial charge in [0.15, 0.2) is 0 Å². The molecule has 2 heteroatoms. The van der Waals surface area contributed by atoms with E-state index in [1.165, 1.54) is 0 Å². The van der Waals surface area contributed by atoms with Gasteiger partial charge in [-0.15, -0.1) is 0 Å². The largest absolute Gasteiger partial charge is 0.382 e. The maximum Gasteiger partial charge on any atom is 0.0437 e. The summed E-state index contributed by atoms with van der Waals surface area (Å²) in [6.45, 7) is 5.67. The summed E-state index contributed by atoms with van der Waals surface area (Å²) in [7, 11) is 0. The molecule has 0 aliphatic heterocycles. The Kier molecular flexibility index (Phi) is 13.8. The van der Waals surface area contributed by atoms with Crippen LogP contribution >= 0.6 is 0 Å². The zero-order valence-electron chi connectivity index (χ0n) is 4.53. The second kappa shape index (κ2) is 8.87. The Morgan fingerprint density at radius 3 is 1.50 bits per heavy atom. The molecular formula is C4H13NO. The van der Waals surface area contributed by atoms with Crippen LogP contribution in [0.2, 0.25) is 0 Å². The normalized spacial score (nSPS) is 7.00. The first-order valence-corrected chi connectivity index (χ1v) is 1.99. The molecule has 0 aromatic carbocycles. The predicted octanol–water partition coefficient (Wildman–Crippen LogP) is 1.20. The van der Waals surface area contributed by atoms with Crippen LogP contribution in [0, 0.1) is 0 Å². The highest BCUT2D eigenvalue weighted by Crippen LogP contribution is 1.64. The molecule has 0 rings (SSSR count). The SMILES string of the molecule is CCOCC.N. The summed E-state index contributed by atoms with van der Waals surface area (Å²) in [5.41, 5.74) is 0. The van der Waals surface area contributed by atoms with Gasteiger partial charge >= 0.3 is 0 Å². The fourth-order valence-corrected chi connectivity index (χ4v) is 0.204. The summed E-state index contributed by atoms with van der Waals surface area (Å²) in [6.07, 6.45) is 0. The third-order valence-corrected chi connectivity index (χ3v) is 0.408. The number of hydrogen-bond donors (Lipinski definition) is 1. The van der Waals surface area contributed by atoms with Gasteiger partial charge in [0.1, 0.15) is 0 Å². The first-order chi connectivity index (χ1) is 2.41. The molecule has 0 amide bonds. The van der Waals surface area contributed by atoms with E-state index >= 15 is 0 Å². The molecule has 2 nitrogen and oxygen atoms in total. The first-order valence-electron chi connectivity index (χ1n) is 1.99. The summed E-state index contributed by atoms with van der Waals surface area (Å²) < 4.78 is 4.83. The van der Waals surface area contributed by atoms with E-state index < -0.39 is 0 Å². The molecular weight excluding hydrogens is 78.0 g/mol. The molecule has 0 aliphatic rings. The Bertz CT molecular complexity index is 15.0. The summed E-state index contributed by atoms with van der Waals surface area (Å²) in [5, 5.41) is 0. The minimum Gasteiger partial charge on any atom is -0.382 e. The number of rotatable bonds is 2. The van der Waals surface area contributed by atoms with Gasteiger partial charge in [-0.25, -0.2) is 0 Å². The third-order valence-electron chi connectivity index (χ3n) is 0.408. The van der Waals surface area contributed by atoms with Crippen molar-refractivity contribution in [3.05, 3.63) is 0 Å². The van der Waals surface area contributed by atoms with Gasteiger partial charge in [0.05, 0.1) is 0 Å². The summed E-state index contributed by atoms with van der Waals surface area (Å²) in [6, 6.07) is 0. The second-order valence-corrected chi connectivity index (χ2v) is 0.781. The average molecular weight is 91.2 g/mol. The maximum atomic E-state index is 4.83. The van der Waals surface area contributed by atoms with Crippen LogP contribution in [0.3, 0.4) is 0 Å². The fourth-order valence-electron chi connectivity index (χ4n) is 0.204. The van der Waals surface area contributed by atoms with E-state index in [1.807, 2.05) is 13.8 Å². The molecule has 0 unspecified atom stereocenters. The predicted molar refractivity (Wildman–Crippen MR) is 27.2 cm³/mol. The van der Waals surface area contributed by atoms with Crippen LogP contribution in [-0.2, 0) is 4.74 Å². The van der Waals surface area contributed by atoms with Crippen molar-refractivity contribution in [3.63, 3.8) is 0 Å². The van der Waals surface area contributed by atoms with Crippen molar-refractivity contribution in [1.82, 2.24) is 6.15 Å². The Morgan fingerprint density at radius 2 is 1.50 bits per heavy atom. The van der Waals surface area contributed by atoms with Crippen molar-refractivity contribution in [2.75, 3.05) is 13.2 Å². The van der Waals surface area contributed by atoms with Crippen molar-refractivity contribution >= 4 is 0 Å². The Labute approximate surface area is 39.1 Å². The van der Waals surface area contributed by atoms with Gasteiger partial charge in [0.2, 0.25) is 0 Å². The molecule has 40 valence electrons. The molecule has 0 aromatic rings. The monoisotopic (exact) mass is 91.1 g/mol. The number of hydrogen-bond acceptors (Lipinski definition) is 2. The molecule has 3 N–H and O–H groups in total. The van der Waals surface area contributed by atoms with Crippen LogP contribution in [0.1, 0.15) is 13.8 Å². The van der Waals surface area contributed by atoms with Gasteiger partial charge in [0, 0.05) is 13.2 Å². The molecule has 0 radical (unpaired) electrons. The van der Waals surface area contributed by atoms with Crippen LogP contribution in [-0.4, -0.2) is 13.2 Å². The van der Waals surface area contributed by atoms with Gasteiger partial charge in [-0.1, -0.05) is 0 Å².